The van der Waals surface area contributed by atoms with Gasteiger partial charge in [0.05, 0.1) is 12.7 Å². The van der Waals surface area contributed by atoms with Crippen molar-refractivity contribution in [3.63, 3.8) is 0 Å². The van der Waals surface area contributed by atoms with E-state index < -0.39 is 11.9 Å². The van der Waals surface area contributed by atoms with Gasteiger partial charge >= 0.3 is 11.9 Å². The van der Waals surface area contributed by atoms with Crippen molar-refractivity contribution in [2.24, 2.45) is 4.99 Å². The highest BCUT2D eigenvalue weighted by molar-refractivity contribution is 7.09. The van der Waals surface area contributed by atoms with Crippen LogP contribution in [-0.2, 0) is 20.7 Å². The van der Waals surface area contributed by atoms with Crippen molar-refractivity contribution in [2.45, 2.75) is 6.42 Å². The number of methoxy groups -OCH3 is 1. The van der Waals surface area contributed by atoms with E-state index in [4.69, 9.17) is 4.74 Å². The third-order valence-corrected chi connectivity index (χ3v) is 4.15. The number of hydrogen-bond donors (Lipinski definition) is 0. The number of allylic oxidation sites excluding steroid dienone is 1. The lowest BCUT2D eigenvalue weighted by Gasteiger charge is -2.01. The molecule has 23 heavy (non-hydrogen) atoms. The minimum Gasteiger partial charge on any atom is -0.465 e. The van der Waals surface area contributed by atoms with Crippen molar-refractivity contribution in [3.8, 4) is 0 Å². The number of thiophene rings is 1. The van der Waals surface area contributed by atoms with E-state index in [1.165, 1.54) is 7.11 Å². The molecule has 0 saturated carbocycles. The van der Waals surface area contributed by atoms with Gasteiger partial charge in [0.15, 0.2) is 0 Å². The molecule has 2 heterocycles. The van der Waals surface area contributed by atoms with Crippen molar-refractivity contribution in [2.75, 3.05) is 7.11 Å². The van der Waals surface area contributed by atoms with Crippen LogP contribution in [0.1, 0.15) is 20.8 Å². The molecule has 1 aromatic carbocycles. The zero-order chi connectivity index (χ0) is 16.2. The first-order valence-corrected chi connectivity index (χ1v) is 7.77. The number of nitrogens with zero attached hydrogens (tertiary/aromatic N) is 1. The quantitative estimate of drug-likeness (QED) is 0.640. The smallest absolute Gasteiger partial charge is 0.363 e. The van der Waals surface area contributed by atoms with Gasteiger partial charge in [0.2, 0.25) is 5.90 Å². The predicted molar refractivity (Wildman–Crippen MR) is 86.5 cm³/mol. The van der Waals surface area contributed by atoms with Gasteiger partial charge in [-0.05, 0) is 41.8 Å². The Hall–Kier alpha value is -2.73. The zero-order valence-electron chi connectivity index (χ0n) is 12.3. The molecule has 2 aromatic rings. The summed E-state index contributed by atoms with van der Waals surface area (Å²) in [6.45, 7) is 0. The van der Waals surface area contributed by atoms with Gasteiger partial charge in [-0.2, -0.15) is 0 Å². The van der Waals surface area contributed by atoms with Crippen LogP contribution in [0.5, 0.6) is 0 Å². The van der Waals surface area contributed by atoms with Crippen molar-refractivity contribution >= 4 is 29.2 Å². The molecule has 1 aliphatic rings. The van der Waals surface area contributed by atoms with Gasteiger partial charge in [0.25, 0.3) is 0 Å². The van der Waals surface area contributed by atoms with Crippen molar-refractivity contribution < 1.29 is 19.1 Å². The van der Waals surface area contributed by atoms with Crippen LogP contribution in [0.15, 0.2) is 58.5 Å². The monoisotopic (exact) mass is 327 g/mol. The molecule has 0 unspecified atom stereocenters. The molecular formula is C17H13NO4S. The second-order valence-electron chi connectivity index (χ2n) is 4.75. The van der Waals surface area contributed by atoms with E-state index in [2.05, 4.69) is 9.73 Å². The molecule has 116 valence electrons. The fourth-order valence-electron chi connectivity index (χ4n) is 2.06. The van der Waals surface area contributed by atoms with Crippen LogP contribution in [0, 0.1) is 0 Å². The molecule has 0 amide bonds. The van der Waals surface area contributed by atoms with Crippen LogP contribution in [0.4, 0.5) is 0 Å². The Bertz CT molecular complexity index is 789. The number of aliphatic imine (C=N–C) groups is 1. The van der Waals surface area contributed by atoms with Gasteiger partial charge in [-0.3, -0.25) is 0 Å². The molecule has 1 aromatic heterocycles. The number of hydrogen-bond acceptors (Lipinski definition) is 6. The lowest BCUT2D eigenvalue weighted by molar-refractivity contribution is -0.130. The standard InChI is InChI=1S/C17H13NO4S/c1-21-16(19)12-6-4-11(5-7-12)15-18-14(17(20)22-15)9-8-13-3-2-10-23-13/h2-7,9-10H,8H2,1H3/b14-9+. The van der Waals surface area contributed by atoms with E-state index in [0.717, 1.165) is 4.88 Å². The molecule has 0 N–H and O–H groups in total. The van der Waals surface area contributed by atoms with Crippen LogP contribution < -0.4 is 0 Å². The number of carbonyl (C=O) groups excluding carboxylic acids is 2. The summed E-state index contributed by atoms with van der Waals surface area (Å²) in [7, 11) is 1.32. The summed E-state index contributed by atoms with van der Waals surface area (Å²) >= 11 is 1.62. The lowest BCUT2D eigenvalue weighted by Crippen LogP contribution is -2.06. The van der Waals surface area contributed by atoms with Gasteiger partial charge in [-0.1, -0.05) is 6.07 Å². The first-order valence-electron chi connectivity index (χ1n) is 6.89. The number of ether oxygens (including phenoxy) is 2. The highest BCUT2D eigenvalue weighted by Crippen LogP contribution is 2.19. The topological polar surface area (TPSA) is 65.0 Å². The van der Waals surface area contributed by atoms with Crippen LogP contribution in [0.2, 0.25) is 0 Å². The Morgan fingerprint density at radius 3 is 2.74 bits per heavy atom. The Labute approximate surface area is 136 Å². The summed E-state index contributed by atoms with van der Waals surface area (Å²) in [6.07, 6.45) is 2.39. The van der Waals surface area contributed by atoms with Crippen molar-refractivity contribution in [3.05, 3.63) is 69.6 Å². The highest BCUT2D eigenvalue weighted by Gasteiger charge is 2.24. The summed E-state index contributed by atoms with van der Waals surface area (Å²) in [6, 6.07) is 10.5. The lowest BCUT2D eigenvalue weighted by atomic mass is 10.1. The van der Waals surface area contributed by atoms with E-state index in [-0.39, 0.29) is 5.90 Å². The summed E-state index contributed by atoms with van der Waals surface area (Å²) in [5.74, 6) is -0.643. The maximum Gasteiger partial charge on any atom is 0.363 e. The number of cyclic esters (lactones) is 1. The van der Waals surface area contributed by atoms with Gasteiger partial charge in [-0.15, -0.1) is 11.3 Å². The normalized spacial score (nSPS) is 15.4. The molecule has 0 saturated heterocycles. The summed E-state index contributed by atoms with van der Waals surface area (Å²) in [5, 5.41) is 1.98. The molecular weight excluding hydrogens is 314 g/mol. The second-order valence-corrected chi connectivity index (χ2v) is 5.78. The molecule has 0 radical (unpaired) electrons. The molecule has 3 rings (SSSR count). The van der Waals surface area contributed by atoms with E-state index in [9.17, 15) is 9.59 Å². The van der Waals surface area contributed by atoms with Crippen molar-refractivity contribution in [1.82, 2.24) is 0 Å². The average Bonchev–Trinajstić information content (AvgIpc) is 3.22. The highest BCUT2D eigenvalue weighted by atomic mass is 32.1. The summed E-state index contributed by atoms with van der Waals surface area (Å²) in [5.41, 5.74) is 1.35. The minimum absolute atomic E-state index is 0.240. The SMILES string of the molecule is COC(=O)c1ccc(C2=N/C(=C/Cc3cccs3)C(=O)O2)cc1. The summed E-state index contributed by atoms with van der Waals surface area (Å²) < 4.78 is 9.83. The Morgan fingerprint density at radius 2 is 2.09 bits per heavy atom. The van der Waals surface area contributed by atoms with Crippen LogP contribution in [-0.4, -0.2) is 24.9 Å². The Balaban J connectivity index is 1.78. The number of carbonyl (C=O) groups is 2. The first kappa shape index (κ1) is 15.2. The molecule has 0 fully saturated rings. The van der Waals surface area contributed by atoms with Crippen LogP contribution in [0.25, 0.3) is 0 Å². The number of benzene rings is 1. The Morgan fingerprint density at radius 1 is 1.30 bits per heavy atom. The van der Waals surface area contributed by atoms with Gasteiger partial charge < -0.3 is 9.47 Å². The third-order valence-electron chi connectivity index (χ3n) is 3.25. The van der Waals surface area contributed by atoms with Gasteiger partial charge in [0, 0.05) is 16.9 Å². The summed E-state index contributed by atoms with van der Waals surface area (Å²) in [4.78, 5) is 28.6. The van der Waals surface area contributed by atoms with E-state index in [0.29, 0.717) is 23.2 Å². The predicted octanol–water partition coefficient (Wildman–Crippen LogP) is 2.96. The minimum atomic E-state index is -0.464. The van der Waals surface area contributed by atoms with E-state index in [1.54, 1.807) is 41.7 Å². The number of rotatable bonds is 4. The fourth-order valence-corrected chi connectivity index (χ4v) is 2.73. The maximum absolute atomic E-state index is 11.9. The number of esters is 2. The zero-order valence-corrected chi connectivity index (χ0v) is 13.1. The van der Waals surface area contributed by atoms with Crippen LogP contribution >= 0.6 is 11.3 Å². The average molecular weight is 327 g/mol. The second kappa shape index (κ2) is 6.58. The van der Waals surface area contributed by atoms with E-state index in [1.807, 2.05) is 17.5 Å². The molecule has 0 aliphatic carbocycles. The van der Waals surface area contributed by atoms with Crippen LogP contribution in [0.3, 0.4) is 0 Å². The van der Waals surface area contributed by atoms with Crippen molar-refractivity contribution in [1.29, 1.82) is 0 Å². The molecule has 0 bridgehead atoms. The Kier molecular flexibility index (Phi) is 4.34. The molecule has 1 aliphatic heterocycles. The van der Waals surface area contributed by atoms with E-state index >= 15 is 0 Å². The molecule has 5 nitrogen and oxygen atoms in total. The molecule has 6 heteroatoms. The third kappa shape index (κ3) is 3.37. The molecule has 0 atom stereocenters. The van der Waals surface area contributed by atoms with Gasteiger partial charge in [-0.25, -0.2) is 14.6 Å². The first-order chi connectivity index (χ1) is 11.2. The largest absolute Gasteiger partial charge is 0.465 e. The molecule has 0 spiro atoms. The maximum atomic E-state index is 11.9. The van der Waals surface area contributed by atoms with Gasteiger partial charge in [0.1, 0.15) is 5.70 Å². The fraction of sp³-hybridized carbons (Fsp3) is 0.118.